The third-order valence-electron chi connectivity index (χ3n) is 5.04. The summed E-state index contributed by atoms with van der Waals surface area (Å²) in [7, 11) is 0. The van der Waals surface area contributed by atoms with Gasteiger partial charge in [-0.1, -0.05) is 28.1 Å². The fourth-order valence-corrected chi connectivity index (χ4v) is 4.30. The van der Waals surface area contributed by atoms with Gasteiger partial charge in [0.1, 0.15) is 5.75 Å². The quantitative estimate of drug-likeness (QED) is 0.491. The molecule has 23 heavy (non-hydrogen) atoms. The molecule has 0 spiro atoms. The van der Waals surface area contributed by atoms with Crippen LogP contribution < -0.4 is 0 Å². The van der Waals surface area contributed by atoms with Crippen LogP contribution in [0.5, 0.6) is 5.75 Å². The van der Waals surface area contributed by atoms with Crippen LogP contribution in [0.25, 0.3) is 0 Å². The number of fused-ring (bicyclic) bond motifs is 1. The molecule has 5 rings (SSSR count). The van der Waals surface area contributed by atoms with Gasteiger partial charge in [0.05, 0.1) is 18.1 Å². The number of rotatable bonds is 2. The number of aromatic hydroxyl groups is 1. The van der Waals surface area contributed by atoms with Crippen molar-refractivity contribution in [2.45, 2.75) is 12.8 Å². The van der Waals surface area contributed by atoms with Crippen LogP contribution in [-0.2, 0) is 9.59 Å². The van der Waals surface area contributed by atoms with E-state index in [1.807, 2.05) is 0 Å². The zero-order valence-corrected chi connectivity index (χ0v) is 13.8. The molecule has 3 aliphatic carbocycles. The van der Waals surface area contributed by atoms with Crippen LogP contribution in [0.1, 0.15) is 18.4 Å². The summed E-state index contributed by atoms with van der Waals surface area (Å²) in [5, 5.41) is 14.9. The second-order valence-electron chi connectivity index (χ2n) is 6.28. The molecule has 0 aromatic heterocycles. The highest BCUT2D eigenvalue weighted by molar-refractivity contribution is 9.10. The Hall–Kier alpha value is -1.95. The fraction of sp³-hybridized carbons (Fsp3) is 0.353. The molecule has 118 valence electrons. The van der Waals surface area contributed by atoms with E-state index in [1.165, 1.54) is 12.3 Å². The number of nitrogens with zero attached hydrogens (tertiary/aromatic N) is 2. The van der Waals surface area contributed by atoms with Crippen LogP contribution in [0, 0.1) is 23.7 Å². The van der Waals surface area contributed by atoms with Crippen LogP contribution in [-0.4, -0.2) is 28.1 Å². The lowest BCUT2D eigenvalue weighted by Gasteiger charge is -2.37. The topological polar surface area (TPSA) is 70.0 Å². The highest BCUT2D eigenvalue weighted by Crippen LogP contribution is 2.49. The molecule has 1 saturated carbocycles. The number of phenolic OH excluding ortho intramolecular Hbond substituents is 1. The summed E-state index contributed by atoms with van der Waals surface area (Å²) in [4.78, 5) is 25.2. The molecule has 4 atom stereocenters. The van der Waals surface area contributed by atoms with Gasteiger partial charge in [-0.25, -0.2) is 0 Å². The van der Waals surface area contributed by atoms with Crippen molar-refractivity contribution in [3.05, 3.63) is 40.4 Å². The van der Waals surface area contributed by atoms with E-state index in [4.69, 9.17) is 0 Å². The van der Waals surface area contributed by atoms with Gasteiger partial charge in [0, 0.05) is 10.0 Å². The van der Waals surface area contributed by atoms with Gasteiger partial charge in [-0.3, -0.25) is 9.59 Å². The summed E-state index contributed by atoms with van der Waals surface area (Å²) < 4.78 is 0.784. The second-order valence-corrected chi connectivity index (χ2v) is 7.19. The molecule has 2 fully saturated rings. The van der Waals surface area contributed by atoms with Gasteiger partial charge in [0.2, 0.25) is 0 Å². The largest absolute Gasteiger partial charge is 0.507 e. The molecule has 1 aromatic rings. The number of hydrogen-bond donors (Lipinski definition) is 1. The van der Waals surface area contributed by atoms with Gasteiger partial charge < -0.3 is 5.11 Å². The van der Waals surface area contributed by atoms with Gasteiger partial charge >= 0.3 is 0 Å². The van der Waals surface area contributed by atoms with Crippen molar-refractivity contribution in [1.29, 1.82) is 0 Å². The summed E-state index contributed by atoms with van der Waals surface area (Å²) in [5.41, 5.74) is 0.455. The van der Waals surface area contributed by atoms with Crippen molar-refractivity contribution in [2.75, 3.05) is 0 Å². The number of amides is 2. The molecular weight excluding hydrogens is 360 g/mol. The van der Waals surface area contributed by atoms with E-state index < -0.39 is 0 Å². The van der Waals surface area contributed by atoms with Crippen molar-refractivity contribution in [3.8, 4) is 5.75 Å². The number of hydrogen-bond acceptors (Lipinski definition) is 4. The van der Waals surface area contributed by atoms with E-state index in [2.05, 4.69) is 33.2 Å². The number of allylic oxidation sites excluding steroid dienone is 2. The standard InChI is InChI=1S/C17H15BrN2O3/c18-12-5-6-13(21)11(7-12)8-19-20-16(22)14-9-1-2-10(4-3-9)15(14)17(20)23/h1-2,5-10,14-15,21H,3-4H2/b19-8-/t9-,10-,14-,15+/m1/s1. The van der Waals surface area contributed by atoms with Crippen LogP contribution in [0.15, 0.2) is 39.9 Å². The SMILES string of the molecule is O=C1[C@@H]2[C@H](C(=O)N1/N=C\c1cc(Br)ccc1O)[C@@H]1C=C[C@@H]2CC1. The van der Waals surface area contributed by atoms with E-state index in [9.17, 15) is 14.7 Å². The van der Waals surface area contributed by atoms with Crippen LogP contribution in [0.2, 0.25) is 0 Å². The molecule has 1 heterocycles. The van der Waals surface area contributed by atoms with Gasteiger partial charge in [0.15, 0.2) is 0 Å². The van der Waals surface area contributed by atoms with Crippen LogP contribution in [0.4, 0.5) is 0 Å². The number of carbonyl (C=O) groups is 2. The van der Waals surface area contributed by atoms with Crippen molar-refractivity contribution < 1.29 is 14.7 Å². The molecule has 2 amide bonds. The zero-order chi connectivity index (χ0) is 16.1. The first-order valence-corrected chi connectivity index (χ1v) is 8.44. The third kappa shape index (κ3) is 2.24. The maximum atomic E-state index is 12.6. The number of phenols is 1. The van der Waals surface area contributed by atoms with Gasteiger partial charge in [-0.2, -0.15) is 10.1 Å². The fourth-order valence-electron chi connectivity index (χ4n) is 3.92. The molecule has 2 bridgehead atoms. The predicted octanol–water partition coefficient (Wildman–Crippen LogP) is 2.69. The minimum atomic E-state index is -0.264. The van der Waals surface area contributed by atoms with Crippen molar-refractivity contribution >= 4 is 34.0 Å². The smallest absolute Gasteiger partial charge is 0.254 e. The van der Waals surface area contributed by atoms with Crippen LogP contribution in [0.3, 0.4) is 0 Å². The molecule has 6 heteroatoms. The summed E-state index contributed by atoms with van der Waals surface area (Å²) in [5.74, 6) is -0.606. The first-order chi connectivity index (χ1) is 11.1. The highest BCUT2D eigenvalue weighted by Gasteiger charge is 2.56. The lowest BCUT2D eigenvalue weighted by molar-refractivity contribution is -0.140. The lowest BCUT2D eigenvalue weighted by atomic mass is 9.63. The Balaban J connectivity index is 1.63. The number of benzene rings is 1. The average molecular weight is 375 g/mol. The number of halogens is 1. The molecular formula is C17H15BrN2O3. The van der Waals surface area contributed by atoms with E-state index in [0.29, 0.717) is 5.56 Å². The average Bonchev–Trinajstić information content (AvgIpc) is 2.83. The Morgan fingerprint density at radius 3 is 2.30 bits per heavy atom. The Bertz CT molecular complexity index is 726. The van der Waals surface area contributed by atoms with Crippen molar-refractivity contribution in [3.63, 3.8) is 0 Å². The summed E-state index contributed by atoms with van der Waals surface area (Å²) in [6, 6.07) is 4.92. The van der Waals surface area contributed by atoms with Gasteiger partial charge in [-0.05, 0) is 42.9 Å². The lowest BCUT2D eigenvalue weighted by Crippen LogP contribution is -2.38. The molecule has 1 saturated heterocycles. The monoisotopic (exact) mass is 374 g/mol. The highest BCUT2D eigenvalue weighted by atomic mass is 79.9. The van der Waals surface area contributed by atoms with E-state index in [0.717, 1.165) is 22.3 Å². The normalized spacial score (nSPS) is 32.1. The third-order valence-corrected chi connectivity index (χ3v) is 5.53. The first kappa shape index (κ1) is 14.6. The molecule has 5 nitrogen and oxygen atoms in total. The van der Waals surface area contributed by atoms with Crippen molar-refractivity contribution in [2.24, 2.45) is 28.8 Å². The Morgan fingerprint density at radius 2 is 1.74 bits per heavy atom. The van der Waals surface area contributed by atoms with E-state index >= 15 is 0 Å². The van der Waals surface area contributed by atoms with E-state index in [-0.39, 0.29) is 41.2 Å². The van der Waals surface area contributed by atoms with Crippen LogP contribution >= 0.6 is 15.9 Å². The minimum Gasteiger partial charge on any atom is -0.507 e. The minimum absolute atomic E-state index is 0.0511. The molecule has 0 radical (unpaired) electrons. The predicted molar refractivity (Wildman–Crippen MR) is 87.6 cm³/mol. The maximum absolute atomic E-state index is 12.6. The molecule has 1 aliphatic heterocycles. The Morgan fingerprint density at radius 1 is 1.13 bits per heavy atom. The van der Waals surface area contributed by atoms with E-state index in [1.54, 1.807) is 12.1 Å². The maximum Gasteiger partial charge on any atom is 0.254 e. The summed E-state index contributed by atoms with van der Waals surface area (Å²) >= 11 is 3.32. The number of imide groups is 1. The summed E-state index contributed by atoms with van der Waals surface area (Å²) in [6.07, 6.45) is 7.45. The first-order valence-electron chi connectivity index (χ1n) is 7.65. The molecule has 4 aliphatic rings. The zero-order valence-electron chi connectivity index (χ0n) is 12.2. The van der Waals surface area contributed by atoms with Crippen molar-refractivity contribution in [1.82, 2.24) is 5.01 Å². The Kier molecular flexibility index (Phi) is 3.37. The second kappa shape index (κ2) is 5.30. The summed E-state index contributed by atoms with van der Waals surface area (Å²) in [6.45, 7) is 0. The van der Waals surface area contributed by atoms with Gasteiger partial charge in [0.25, 0.3) is 11.8 Å². The number of carbonyl (C=O) groups excluding carboxylic acids is 2. The van der Waals surface area contributed by atoms with Gasteiger partial charge in [-0.15, -0.1) is 0 Å². The molecule has 1 aromatic carbocycles. The number of hydrazone groups is 1. The molecule has 0 unspecified atom stereocenters. The molecule has 1 N–H and O–H groups in total. The Labute approximate surface area is 141 Å².